The summed E-state index contributed by atoms with van der Waals surface area (Å²) < 4.78 is 7.17. The molecule has 0 fully saturated rings. The highest BCUT2D eigenvalue weighted by molar-refractivity contribution is 5.17. The van der Waals surface area contributed by atoms with Gasteiger partial charge in [-0.1, -0.05) is 35.5 Å². The van der Waals surface area contributed by atoms with Crippen molar-refractivity contribution in [1.82, 2.24) is 15.0 Å². The monoisotopic (exact) mass is 283 g/mol. The van der Waals surface area contributed by atoms with Gasteiger partial charge in [0.25, 0.3) is 0 Å². The minimum Gasteiger partial charge on any atom is -0.464 e. The number of furan rings is 1. The summed E-state index contributed by atoms with van der Waals surface area (Å²) in [5.41, 5.74) is 1.64. The van der Waals surface area contributed by atoms with Crippen LogP contribution in [0.4, 0.5) is 0 Å². The minimum atomic E-state index is -0.653. The normalized spacial score (nSPS) is 12.5. The highest BCUT2D eigenvalue weighted by Gasteiger charge is 2.13. The van der Waals surface area contributed by atoms with Crippen LogP contribution in [0.3, 0.4) is 0 Å². The number of aliphatic hydroxyl groups excluding tert-OH is 1. The maximum absolute atomic E-state index is 10.2. The molecule has 2 aromatic heterocycles. The number of aliphatic hydroxyl groups is 1. The van der Waals surface area contributed by atoms with Gasteiger partial charge in [-0.3, -0.25) is 0 Å². The van der Waals surface area contributed by atoms with Gasteiger partial charge in [-0.05, 0) is 24.6 Å². The Bertz CT molecular complexity index is 703. The summed E-state index contributed by atoms with van der Waals surface area (Å²) in [5, 5.41) is 18.3. The fourth-order valence-electron chi connectivity index (χ4n) is 2.22. The molecule has 0 amide bonds. The van der Waals surface area contributed by atoms with Gasteiger partial charge >= 0.3 is 0 Å². The molecule has 2 heterocycles. The first kappa shape index (κ1) is 13.6. The zero-order valence-electron chi connectivity index (χ0n) is 11.8. The van der Waals surface area contributed by atoms with E-state index in [0.29, 0.717) is 18.7 Å². The van der Waals surface area contributed by atoms with E-state index in [-0.39, 0.29) is 0 Å². The quantitative estimate of drug-likeness (QED) is 0.781. The highest BCUT2D eigenvalue weighted by atomic mass is 16.3. The van der Waals surface area contributed by atoms with Crippen molar-refractivity contribution in [2.45, 2.75) is 26.0 Å². The van der Waals surface area contributed by atoms with Gasteiger partial charge in [-0.15, -0.1) is 5.10 Å². The van der Waals surface area contributed by atoms with E-state index in [1.54, 1.807) is 10.9 Å². The lowest BCUT2D eigenvalue weighted by Crippen LogP contribution is -2.02. The molecule has 108 valence electrons. The molecule has 0 saturated carbocycles. The molecule has 0 radical (unpaired) electrons. The summed E-state index contributed by atoms with van der Waals surface area (Å²) in [6, 6.07) is 13.7. The summed E-state index contributed by atoms with van der Waals surface area (Å²) in [6.07, 6.45) is 1.63. The standard InChI is InChI=1S/C16H17N3O2/c1-12-7-8-14(21-12)10-19-11-15(17-18-19)16(20)9-13-5-3-2-4-6-13/h2-8,11,16,20H,9-10H2,1H3. The maximum atomic E-state index is 10.2. The fraction of sp³-hybridized carbons (Fsp3) is 0.250. The van der Waals surface area contributed by atoms with Crippen molar-refractivity contribution in [3.8, 4) is 0 Å². The SMILES string of the molecule is Cc1ccc(Cn2cc(C(O)Cc3ccccc3)nn2)o1. The van der Waals surface area contributed by atoms with E-state index in [0.717, 1.165) is 17.1 Å². The second-order valence-electron chi connectivity index (χ2n) is 5.06. The molecule has 0 aliphatic heterocycles. The number of rotatable bonds is 5. The van der Waals surface area contributed by atoms with Gasteiger partial charge in [0.05, 0.1) is 6.20 Å². The molecule has 0 aliphatic carbocycles. The van der Waals surface area contributed by atoms with Gasteiger partial charge in [0.1, 0.15) is 29.9 Å². The largest absolute Gasteiger partial charge is 0.464 e. The average molecular weight is 283 g/mol. The van der Waals surface area contributed by atoms with Crippen LogP contribution < -0.4 is 0 Å². The van der Waals surface area contributed by atoms with E-state index in [2.05, 4.69) is 10.3 Å². The van der Waals surface area contributed by atoms with Crippen molar-refractivity contribution in [1.29, 1.82) is 0 Å². The second-order valence-corrected chi connectivity index (χ2v) is 5.06. The summed E-state index contributed by atoms with van der Waals surface area (Å²) >= 11 is 0. The van der Waals surface area contributed by atoms with Crippen LogP contribution in [0.25, 0.3) is 0 Å². The Balaban J connectivity index is 1.66. The molecule has 1 N–H and O–H groups in total. The van der Waals surface area contributed by atoms with Crippen LogP contribution in [0, 0.1) is 6.92 Å². The summed E-state index contributed by atoms with van der Waals surface area (Å²) in [7, 11) is 0. The molecular formula is C16H17N3O2. The van der Waals surface area contributed by atoms with Crippen LogP contribution >= 0.6 is 0 Å². The van der Waals surface area contributed by atoms with Crippen molar-refractivity contribution in [3.05, 3.63) is 71.4 Å². The third kappa shape index (κ3) is 3.38. The molecule has 0 spiro atoms. The van der Waals surface area contributed by atoms with Crippen LogP contribution in [0.2, 0.25) is 0 Å². The third-order valence-electron chi connectivity index (χ3n) is 3.28. The van der Waals surface area contributed by atoms with Gasteiger partial charge in [0.2, 0.25) is 0 Å². The van der Waals surface area contributed by atoms with Gasteiger partial charge < -0.3 is 9.52 Å². The van der Waals surface area contributed by atoms with E-state index in [9.17, 15) is 5.11 Å². The van der Waals surface area contributed by atoms with Gasteiger partial charge in [-0.2, -0.15) is 0 Å². The third-order valence-corrected chi connectivity index (χ3v) is 3.28. The van der Waals surface area contributed by atoms with E-state index in [1.165, 1.54) is 0 Å². The van der Waals surface area contributed by atoms with Crippen LogP contribution in [-0.2, 0) is 13.0 Å². The molecule has 5 heteroatoms. The topological polar surface area (TPSA) is 64.1 Å². The number of aryl methyl sites for hydroxylation is 1. The number of hydrogen-bond acceptors (Lipinski definition) is 4. The number of nitrogens with zero attached hydrogens (tertiary/aromatic N) is 3. The Hall–Kier alpha value is -2.40. The van der Waals surface area contributed by atoms with Crippen molar-refractivity contribution < 1.29 is 9.52 Å². The molecule has 3 aromatic rings. The molecule has 0 saturated heterocycles. The Morgan fingerprint density at radius 3 is 2.71 bits per heavy atom. The summed E-state index contributed by atoms with van der Waals surface area (Å²) in [5.74, 6) is 1.69. The van der Waals surface area contributed by atoms with E-state index in [4.69, 9.17) is 4.42 Å². The van der Waals surface area contributed by atoms with Crippen molar-refractivity contribution in [2.75, 3.05) is 0 Å². The van der Waals surface area contributed by atoms with Crippen molar-refractivity contribution in [2.24, 2.45) is 0 Å². The minimum absolute atomic E-state index is 0.513. The Morgan fingerprint density at radius 2 is 2.00 bits per heavy atom. The van der Waals surface area contributed by atoms with Crippen LogP contribution in [0.1, 0.15) is 28.9 Å². The maximum Gasteiger partial charge on any atom is 0.125 e. The van der Waals surface area contributed by atoms with Crippen LogP contribution in [-0.4, -0.2) is 20.1 Å². The second kappa shape index (κ2) is 5.93. The molecule has 21 heavy (non-hydrogen) atoms. The zero-order valence-corrected chi connectivity index (χ0v) is 11.8. The molecular weight excluding hydrogens is 266 g/mol. The lowest BCUT2D eigenvalue weighted by atomic mass is 10.1. The van der Waals surface area contributed by atoms with E-state index < -0.39 is 6.10 Å². The van der Waals surface area contributed by atoms with E-state index in [1.807, 2.05) is 49.4 Å². The smallest absolute Gasteiger partial charge is 0.125 e. The van der Waals surface area contributed by atoms with E-state index >= 15 is 0 Å². The number of aromatic nitrogens is 3. The van der Waals surface area contributed by atoms with Crippen LogP contribution in [0.15, 0.2) is 53.1 Å². The molecule has 1 aromatic carbocycles. The lowest BCUT2D eigenvalue weighted by molar-refractivity contribution is 0.173. The van der Waals surface area contributed by atoms with Crippen molar-refractivity contribution in [3.63, 3.8) is 0 Å². The highest BCUT2D eigenvalue weighted by Crippen LogP contribution is 2.16. The molecule has 1 atom stereocenters. The van der Waals surface area contributed by atoms with Gasteiger partial charge in [0.15, 0.2) is 0 Å². The molecule has 0 bridgehead atoms. The zero-order chi connectivity index (χ0) is 14.7. The Labute approximate surface area is 122 Å². The first-order valence-electron chi connectivity index (χ1n) is 6.88. The first-order valence-corrected chi connectivity index (χ1v) is 6.88. The lowest BCUT2D eigenvalue weighted by Gasteiger charge is -2.06. The fourth-order valence-corrected chi connectivity index (χ4v) is 2.22. The molecule has 5 nitrogen and oxygen atoms in total. The average Bonchev–Trinajstić information content (AvgIpc) is 3.10. The number of benzene rings is 1. The van der Waals surface area contributed by atoms with Crippen molar-refractivity contribution >= 4 is 0 Å². The predicted octanol–water partition coefficient (Wildman–Crippen LogP) is 2.50. The summed E-state index contributed by atoms with van der Waals surface area (Å²) in [6.45, 7) is 2.42. The molecule has 3 rings (SSSR count). The first-order chi connectivity index (χ1) is 10.2. The molecule has 0 aliphatic rings. The van der Waals surface area contributed by atoms with Crippen LogP contribution in [0.5, 0.6) is 0 Å². The predicted molar refractivity (Wildman–Crippen MR) is 77.7 cm³/mol. The Morgan fingerprint density at radius 1 is 1.19 bits per heavy atom. The van der Waals surface area contributed by atoms with Gasteiger partial charge in [-0.25, -0.2) is 4.68 Å². The summed E-state index contributed by atoms with van der Waals surface area (Å²) in [4.78, 5) is 0. The molecule has 1 unspecified atom stereocenters. The van der Waals surface area contributed by atoms with Gasteiger partial charge in [0, 0.05) is 6.42 Å². The number of hydrogen-bond donors (Lipinski definition) is 1. The Kier molecular flexibility index (Phi) is 3.83.